The SMILES string of the molecule is COc1cc([N+](=O)[O-])cc(/C=N\NC(=O)c2ccc3nc(SC(C)C)[nH]c3c2)c1O. The molecule has 3 aromatic rings. The molecule has 0 aliphatic carbocycles. The van der Waals surface area contributed by atoms with Crippen LogP contribution in [-0.4, -0.2) is 44.5 Å². The number of ether oxygens (including phenoxy) is 1. The summed E-state index contributed by atoms with van der Waals surface area (Å²) in [7, 11) is 1.28. The van der Waals surface area contributed by atoms with E-state index in [4.69, 9.17) is 4.74 Å². The van der Waals surface area contributed by atoms with E-state index in [2.05, 4.69) is 34.3 Å². The number of nitrogens with one attached hydrogen (secondary N) is 2. The number of carbonyl (C=O) groups is 1. The summed E-state index contributed by atoms with van der Waals surface area (Å²) in [6.07, 6.45) is 1.11. The zero-order valence-electron chi connectivity index (χ0n) is 16.4. The molecule has 30 heavy (non-hydrogen) atoms. The topological polar surface area (TPSA) is 143 Å². The van der Waals surface area contributed by atoms with E-state index in [-0.39, 0.29) is 22.7 Å². The normalized spacial score (nSPS) is 11.3. The summed E-state index contributed by atoms with van der Waals surface area (Å²) in [6.45, 7) is 4.12. The van der Waals surface area contributed by atoms with Gasteiger partial charge in [-0.25, -0.2) is 10.4 Å². The number of hydrogen-bond acceptors (Lipinski definition) is 8. The first-order valence-electron chi connectivity index (χ1n) is 8.83. The van der Waals surface area contributed by atoms with Crippen molar-refractivity contribution in [2.24, 2.45) is 5.10 Å². The zero-order chi connectivity index (χ0) is 21.8. The van der Waals surface area contributed by atoms with Crippen LogP contribution >= 0.6 is 11.8 Å². The molecule has 0 bridgehead atoms. The molecular formula is C19H19N5O5S. The number of imidazole rings is 1. The van der Waals surface area contributed by atoms with Gasteiger partial charge in [-0.15, -0.1) is 0 Å². The molecule has 0 saturated carbocycles. The quantitative estimate of drug-likeness (QED) is 0.226. The molecule has 0 spiro atoms. The number of carbonyl (C=O) groups excluding carboxylic acids is 1. The number of nitrogens with zero attached hydrogens (tertiary/aromatic N) is 3. The van der Waals surface area contributed by atoms with Crippen LogP contribution < -0.4 is 10.2 Å². The van der Waals surface area contributed by atoms with Crippen LogP contribution in [0.15, 0.2) is 40.6 Å². The molecule has 0 unspecified atom stereocenters. The highest BCUT2D eigenvalue weighted by molar-refractivity contribution is 7.99. The number of aromatic hydroxyl groups is 1. The molecule has 3 rings (SSSR count). The van der Waals surface area contributed by atoms with Gasteiger partial charge < -0.3 is 14.8 Å². The molecule has 156 valence electrons. The van der Waals surface area contributed by atoms with E-state index in [0.717, 1.165) is 34.5 Å². The van der Waals surface area contributed by atoms with Crippen LogP contribution in [0.4, 0.5) is 5.69 Å². The summed E-state index contributed by atoms with van der Waals surface area (Å²) >= 11 is 1.58. The van der Waals surface area contributed by atoms with Crippen LogP contribution in [0.5, 0.6) is 11.5 Å². The third-order valence-corrected chi connectivity index (χ3v) is 4.85. The van der Waals surface area contributed by atoms with Crippen LogP contribution in [0, 0.1) is 10.1 Å². The highest BCUT2D eigenvalue weighted by Gasteiger charge is 2.16. The monoisotopic (exact) mass is 429 g/mol. The lowest BCUT2D eigenvalue weighted by atomic mass is 10.1. The minimum atomic E-state index is -0.622. The second-order valence-corrected chi connectivity index (χ2v) is 8.05. The van der Waals surface area contributed by atoms with Gasteiger partial charge in [0.05, 0.1) is 35.3 Å². The van der Waals surface area contributed by atoms with Crippen molar-refractivity contribution in [3.05, 3.63) is 51.6 Å². The summed E-state index contributed by atoms with van der Waals surface area (Å²) in [5, 5.41) is 26.0. The van der Waals surface area contributed by atoms with Gasteiger partial charge in [0.15, 0.2) is 16.7 Å². The van der Waals surface area contributed by atoms with Crippen LogP contribution in [0.1, 0.15) is 29.8 Å². The number of phenols is 1. The second-order valence-electron chi connectivity index (χ2n) is 6.48. The zero-order valence-corrected chi connectivity index (χ0v) is 17.2. The number of hydrogen-bond donors (Lipinski definition) is 3. The van der Waals surface area contributed by atoms with Crippen molar-refractivity contribution in [3.8, 4) is 11.5 Å². The molecule has 0 aliphatic rings. The number of aromatic amines is 1. The van der Waals surface area contributed by atoms with Crippen molar-refractivity contribution in [1.82, 2.24) is 15.4 Å². The van der Waals surface area contributed by atoms with Crippen molar-refractivity contribution in [3.63, 3.8) is 0 Å². The highest BCUT2D eigenvalue weighted by atomic mass is 32.2. The Kier molecular flexibility index (Phi) is 6.21. The first-order valence-corrected chi connectivity index (χ1v) is 9.71. The molecule has 0 saturated heterocycles. The third-order valence-electron chi connectivity index (χ3n) is 3.96. The number of H-pyrrole nitrogens is 1. The molecule has 1 aromatic heterocycles. The minimum absolute atomic E-state index is 0.0284. The average Bonchev–Trinajstić information content (AvgIpc) is 3.09. The fourth-order valence-corrected chi connectivity index (χ4v) is 3.37. The number of phenolic OH excluding ortho intramolecular Hbond substituents is 1. The number of thioether (sulfide) groups is 1. The summed E-state index contributed by atoms with van der Waals surface area (Å²) in [5.41, 5.74) is 3.89. The Bertz CT molecular complexity index is 1140. The van der Waals surface area contributed by atoms with E-state index in [1.165, 1.54) is 7.11 Å². The molecule has 0 radical (unpaired) electrons. The first kappa shape index (κ1) is 21.1. The standard InChI is InChI=1S/C19H19N5O5S/c1-10(2)30-19-21-14-5-4-11(7-15(14)22-19)18(26)23-20-9-12-6-13(24(27)28)8-16(29-3)17(12)25/h4-10,25H,1-3H3,(H,21,22)(H,23,26)/b20-9-. The summed E-state index contributed by atoms with van der Waals surface area (Å²) in [6, 6.07) is 7.22. The van der Waals surface area contributed by atoms with E-state index < -0.39 is 10.8 Å². The van der Waals surface area contributed by atoms with Crippen molar-refractivity contribution < 1.29 is 19.6 Å². The Balaban J connectivity index is 1.77. The maximum atomic E-state index is 12.4. The highest BCUT2D eigenvalue weighted by Crippen LogP contribution is 2.33. The minimum Gasteiger partial charge on any atom is -0.504 e. The van der Waals surface area contributed by atoms with Gasteiger partial charge in [-0.3, -0.25) is 14.9 Å². The number of aromatic nitrogens is 2. The van der Waals surface area contributed by atoms with Crippen molar-refractivity contribution in [1.29, 1.82) is 0 Å². The van der Waals surface area contributed by atoms with Gasteiger partial charge in [0.25, 0.3) is 11.6 Å². The smallest absolute Gasteiger partial charge is 0.274 e. The average molecular weight is 429 g/mol. The lowest BCUT2D eigenvalue weighted by Gasteiger charge is -2.06. The van der Waals surface area contributed by atoms with Crippen molar-refractivity contribution in [2.75, 3.05) is 7.11 Å². The maximum absolute atomic E-state index is 12.4. The Morgan fingerprint density at radius 3 is 2.83 bits per heavy atom. The number of nitro benzene ring substituents is 1. The molecule has 1 amide bonds. The van der Waals surface area contributed by atoms with Crippen LogP contribution in [0.2, 0.25) is 0 Å². The predicted octanol–water partition coefficient (Wildman–Crippen LogP) is 3.45. The molecular weight excluding hydrogens is 410 g/mol. The first-order chi connectivity index (χ1) is 14.3. The van der Waals surface area contributed by atoms with Gasteiger partial charge >= 0.3 is 0 Å². The van der Waals surface area contributed by atoms with Crippen LogP contribution in [-0.2, 0) is 0 Å². The molecule has 2 aromatic carbocycles. The number of hydrazone groups is 1. The van der Waals surface area contributed by atoms with E-state index >= 15 is 0 Å². The van der Waals surface area contributed by atoms with Crippen molar-refractivity contribution in [2.45, 2.75) is 24.3 Å². The van der Waals surface area contributed by atoms with E-state index in [1.54, 1.807) is 30.0 Å². The van der Waals surface area contributed by atoms with Gasteiger partial charge in [0, 0.05) is 22.4 Å². The number of non-ortho nitro benzene ring substituents is 1. The number of fused-ring (bicyclic) bond motifs is 1. The van der Waals surface area contributed by atoms with Gasteiger partial charge in [-0.2, -0.15) is 5.10 Å². The molecule has 10 nitrogen and oxygen atoms in total. The lowest BCUT2D eigenvalue weighted by Crippen LogP contribution is -2.17. The summed E-state index contributed by atoms with van der Waals surface area (Å²) < 4.78 is 4.93. The number of rotatable bonds is 7. The van der Waals surface area contributed by atoms with Crippen molar-refractivity contribution >= 4 is 40.6 Å². The fourth-order valence-electron chi connectivity index (χ4n) is 2.61. The Labute approximate surface area is 175 Å². The molecule has 3 N–H and O–H groups in total. The Hall–Kier alpha value is -3.60. The van der Waals surface area contributed by atoms with E-state index in [0.29, 0.717) is 10.8 Å². The molecule has 0 fully saturated rings. The number of amides is 1. The summed E-state index contributed by atoms with van der Waals surface area (Å²) in [4.78, 5) is 30.4. The number of nitro groups is 1. The maximum Gasteiger partial charge on any atom is 0.274 e. The van der Waals surface area contributed by atoms with Crippen LogP contribution in [0.3, 0.4) is 0 Å². The molecule has 0 atom stereocenters. The van der Waals surface area contributed by atoms with E-state index in [1.807, 2.05) is 0 Å². The van der Waals surface area contributed by atoms with E-state index in [9.17, 15) is 20.0 Å². The predicted molar refractivity (Wildman–Crippen MR) is 113 cm³/mol. The Morgan fingerprint density at radius 2 is 2.17 bits per heavy atom. The molecule has 1 heterocycles. The second kappa shape index (κ2) is 8.82. The van der Waals surface area contributed by atoms with Gasteiger partial charge in [-0.1, -0.05) is 25.6 Å². The third kappa shape index (κ3) is 4.69. The van der Waals surface area contributed by atoms with Gasteiger partial charge in [0.1, 0.15) is 0 Å². The van der Waals surface area contributed by atoms with Gasteiger partial charge in [-0.05, 0) is 18.2 Å². The molecule has 11 heteroatoms. The Morgan fingerprint density at radius 1 is 1.40 bits per heavy atom. The molecule has 0 aliphatic heterocycles. The summed E-state index contributed by atoms with van der Waals surface area (Å²) in [5.74, 6) is -0.885. The number of benzene rings is 2. The lowest BCUT2D eigenvalue weighted by molar-refractivity contribution is -0.385. The number of methoxy groups -OCH3 is 1. The largest absolute Gasteiger partial charge is 0.504 e. The van der Waals surface area contributed by atoms with Crippen LogP contribution in [0.25, 0.3) is 11.0 Å². The fraction of sp³-hybridized carbons (Fsp3) is 0.211. The van der Waals surface area contributed by atoms with Gasteiger partial charge in [0.2, 0.25) is 0 Å².